The largest absolute Gasteiger partial charge is 0.400 e. The predicted octanol–water partition coefficient (Wildman–Crippen LogP) is 2.22. The van der Waals surface area contributed by atoms with Gasteiger partial charge in [-0.2, -0.15) is 0 Å². The summed E-state index contributed by atoms with van der Waals surface area (Å²) in [4.78, 5) is 19.3. The molecule has 2 aliphatic rings. The van der Waals surface area contributed by atoms with Gasteiger partial charge in [-0.3, -0.25) is 4.98 Å². The Hall–Kier alpha value is -3.54. The second-order valence-electron chi connectivity index (χ2n) is 11.5. The second-order valence-corrected chi connectivity index (χ2v) is 11.5. The Kier molecular flexibility index (Phi) is 48.3. The number of benzene rings is 1. The monoisotopic (exact) mass is 735 g/mol. The molecule has 15 nitrogen and oxygen atoms in total. The van der Waals surface area contributed by atoms with Crippen LogP contribution >= 0.6 is 0 Å². The Morgan fingerprint density at radius 1 is 0.731 bits per heavy atom. The first-order valence-corrected chi connectivity index (χ1v) is 17.8. The molecule has 302 valence electrons. The number of rotatable bonds is 5. The van der Waals surface area contributed by atoms with Crippen LogP contribution in [0.2, 0.25) is 0 Å². The van der Waals surface area contributed by atoms with Crippen molar-refractivity contribution in [2.75, 3.05) is 133 Å². The van der Waals surface area contributed by atoms with Gasteiger partial charge < -0.3 is 57.9 Å². The van der Waals surface area contributed by atoms with Crippen LogP contribution in [0.15, 0.2) is 67.5 Å². The molecule has 0 amide bonds. The lowest BCUT2D eigenvalue weighted by Crippen LogP contribution is -2.40. The van der Waals surface area contributed by atoms with Gasteiger partial charge in [0.2, 0.25) is 5.95 Å². The van der Waals surface area contributed by atoms with Crippen molar-refractivity contribution in [3.05, 3.63) is 67.5 Å². The summed E-state index contributed by atoms with van der Waals surface area (Å²) in [6.07, 6.45) is 8.97. The van der Waals surface area contributed by atoms with Crippen LogP contribution in [0.25, 0.3) is 0 Å². The zero-order valence-corrected chi connectivity index (χ0v) is 34.9. The molecule has 1 aromatic carbocycles. The van der Waals surface area contributed by atoms with Gasteiger partial charge in [-0.1, -0.05) is 32.0 Å². The van der Waals surface area contributed by atoms with Crippen LogP contribution in [0, 0.1) is 0 Å². The third-order valence-electron chi connectivity index (χ3n) is 6.41. The van der Waals surface area contributed by atoms with E-state index >= 15 is 0 Å². The maximum absolute atomic E-state index is 7.00. The van der Waals surface area contributed by atoms with Gasteiger partial charge in [0.15, 0.2) is 0 Å². The summed E-state index contributed by atoms with van der Waals surface area (Å²) in [5.74, 6) is 0.597. The maximum Gasteiger partial charge on any atom is 0.225 e. The second kappa shape index (κ2) is 45.5. The Bertz CT molecular complexity index is 914. The lowest BCUT2D eigenvalue weighted by molar-refractivity contribution is 0.291. The molecule has 0 spiro atoms. The minimum atomic E-state index is 0.597. The van der Waals surface area contributed by atoms with Crippen LogP contribution in [0.1, 0.15) is 26.7 Å². The van der Waals surface area contributed by atoms with Crippen LogP contribution in [0.3, 0.4) is 0 Å². The van der Waals surface area contributed by atoms with E-state index in [9.17, 15) is 0 Å². The van der Waals surface area contributed by atoms with Crippen LogP contribution < -0.4 is 43.0 Å². The molecule has 4 heterocycles. The van der Waals surface area contributed by atoms with E-state index < -0.39 is 0 Å². The Morgan fingerprint density at radius 3 is 1.42 bits per heavy atom. The molecule has 0 atom stereocenters. The number of likely N-dealkylation sites (N-methyl/N-ethyl adjacent to an activating group) is 1. The van der Waals surface area contributed by atoms with Crippen LogP contribution in [0.4, 0.5) is 17.3 Å². The molecular weight excluding hydrogens is 657 g/mol. The predicted molar refractivity (Wildman–Crippen MR) is 227 cm³/mol. The number of piperazine rings is 1. The molecule has 10 N–H and O–H groups in total. The van der Waals surface area contributed by atoms with E-state index in [0.29, 0.717) is 12.0 Å². The normalized spacial score (nSPS) is 12.9. The summed E-state index contributed by atoms with van der Waals surface area (Å²) in [5, 5.41) is 28.7. The number of piperidine rings is 1. The van der Waals surface area contributed by atoms with Gasteiger partial charge in [0.1, 0.15) is 12.7 Å². The molecule has 0 saturated carbocycles. The highest BCUT2D eigenvalue weighted by molar-refractivity contribution is 5.41. The molecule has 0 unspecified atom stereocenters. The number of aliphatic hydroxyl groups is 1. The quantitative estimate of drug-likeness (QED) is 0.186. The molecule has 0 bridgehead atoms. The molecule has 3 aromatic rings. The van der Waals surface area contributed by atoms with E-state index in [4.69, 9.17) is 5.11 Å². The van der Waals surface area contributed by atoms with Gasteiger partial charge in [0.25, 0.3) is 0 Å². The minimum Gasteiger partial charge on any atom is -0.400 e. The smallest absolute Gasteiger partial charge is 0.225 e. The fourth-order valence-corrected chi connectivity index (χ4v) is 3.38. The van der Waals surface area contributed by atoms with Crippen molar-refractivity contribution in [1.82, 2.24) is 51.0 Å². The summed E-state index contributed by atoms with van der Waals surface area (Å²) < 4.78 is 0. The van der Waals surface area contributed by atoms with Gasteiger partial charge in [-0.25, -0.2) is 15.0 Å². The van der Waals surface area contributed by atoms with Crippen LogP contribution in [-0.4, -0.2) is 164 Å². The zero-order valence-electron chi connectivity index (χ0n) is 34.9. The summed E-state index contributed by atoms with van der Waals surface area (Å²) >= 11 is 0. The summed E-state index contributed by atoms with van der Waals surface area (Å²) in [5.41, 5.74) is 6.76. The summed E-state index contributed by atoms with van der Waals surface area (Å²) in [7, 11) is 20.2. The van der Waals surface area contributed by atoms with E-state index in [1.165, 1.54) is 58.7 Å². The number of anilines is 3. The number of hydrogen-bond acceptors (Lipinski definition) is 15. The van der Waals surface area contributed by atoms with E-state index in [1.807, 2.05) is 96.7 Å². The first-order chi connectivity index (χ1) is 25.1. The van der Waals surface area contributed by atoms with Crippen molar-refractivity contribution < 1.29 is 5.11 Å². The lowest BCUT2D eigenvalue weighted by Gasteiger charge is -2.21. The fourth-order valence-electron chi connectivity index (χ4n) is 3.38. The number of nitrogens with one attached hydrogen (secondary N) is 7. The van der Waals surface area contributed by atoms with Crippen LogP contribution in [0.5, 0.6) is 0 Å². The third kappa shape index (κ3) is 44.5. The third-order valence-corrected chi connectivity index (χ3v) is 6.41. The van der Waals surface area contributed by atoms with E-state index in [1.54, 1.807) is 19.4 Å². The zero-order chi connectivity index (χ0) is 40.3. The van der Waals surface area contributed by atoms with Crippen molar-refractivity contribution in [3.63, 3.8) is 0 Å². The number of pyridine rings is 1. The number of aliphatic hydroxyl groups excluding tert-OH is 1. The highest BCUT2D eigenvalue weighted by Crippen LogP contribution is 2.02. The van der Waals surface area contributed by atoms with E-state index in [0.717, 1.165) is 37.6 Å². The number of nitrogens with zero attached hydrogens (tertiary/aromatic N) is 6. The van der Waals surface area contributed by atoms with Crippen molar-refractivity contribution in [1.29, 1.82) is 0 Å². The van der Waals surface area contributed by atoms with Gasteiger partial charge in [0.05, 0.1) is 0 Å². The fraction of sp³-hybridized carbons (Fsp3) is 0.622. The van der Waals surface area contributed by atoms with E-state index in [-0.39, 0.29) is 0 Å². The Morgan fingerprint density at radius 2 is 1.15 bits per heavy atom. The average molecular weight is 735 g/mol. The molecule has 0 aliphatic carbocycles. The molecule has 52 heavy (non-hydrogen) atoms. The molecule has 2 aromatic heterocycles. The van der Waals surface area contributed by atoms with Gasteiger partial charge in [-0.05, 0) is 99.5 Å². The first kappa shape index (κ1) is 55.2. The van der Waals surface area contributed by atoms with Gasteiger partial charge >= 0.3 is 0 Å². The first-order valence-electron chi connectivity index (χ1n) is 17.8. The van der Waals surface area contributed by atoms with Crippen LogP contribution in [-0.2, 0) is 0 Å². The summed E-state index contributed by atoms with van der Waals surface area (Å²) in [6, 6.07) is 15.3. The molecule has 2 fully saturated rings. The number of aromatic nitrogens is 4. The van der Waals surface area contributed by atoms with Crippen molar-refractivity contribution in [3.8, 4) is 0 Å². The number of nitrogens with two attached hydrogens (primary N) is 1. The van der Waals surface area contributed by atoms with Crippen molar-refractivity contribution in [2.24, 2.45) is 5.73 Å². The number of hydrogen-bond donors (Lipinski definition) is 9. The van der Waals surface area contributed by atoms with Gasteiger partial charge in [-0.15, -0.1) is 0 Å². The highest BCUT2D eigenvalue weighted by atomic mass is 16.2. The van der Waals surface area contributed by atoms with Crippen molar-refractivity contribution >= 4 is 17.3 Å². The molecule has 0 radical (unpaired) electrons. The SMILES string of the molecule is CN.CN(C)C.CN1CCNCC1.CNC(C)C.CNC1CCNCC1.CNc1ccccc1.CNc1ccncc1.CNc1ncncn1.CO. The molecule has 15 heteroatoms. The van der Waals surface area contributed by atoms with Gasteiger partial charge in [0, 0.05) is 90.3 Å². The number of para-hydroxylation sites is 1. The molecular formula is C37H78N14O. The van der Waals surface area contributed by atoms with E-state index in [2.05, 4.69) is 88.7 Å². The standard InChI is InChI=1S/C7H9N.C6H14N2.C6H8N2.C5H12N2.C4H6N4.C4H11N.C3H9N.CH5N.CH4O/c1-8-7-5-3-2-4-6-7;2*1-7-6-2-4-8-5-3-6;1-7-4-2-6-3-5-7;1-5-4-7-2-6-3-8-4;1-4(2)5-3;1-4(2)3;2*1-2/h2-6,8H,1H3;6-8H,2-5H2,1H3;2-5H,1H3,(H,7,8);6H,2-5H2,1H3;2-3H,1H3,(H,5,6,7,8);4-5H,1-3H3;1-3H3;2H2,1H3;2H,1H3. The minimum absolute atomic E-state index is 0.597. The average Bonchev–Trinajstić information content (AvgIpc) is 3.22. The van der Waals surface area contributed by atoms with Crippen molar-refractivity contribution in [2.45, 2.75) is 38.8 Å². The molecule has 5 rings (SSSR count). The topological polar surface area (TPSA) is 188 Å². The Balaban J connectivity index is -0.000000257. The highest BCUT2D eigenvalue weighted by Gasteiger charge is 2.08. The Labute approximate surface area is 317 Å². The molecule has 2 aliphatic heterocycles. The lowest BCUT2D eigenvalue weighted by atomic mass is 10.1. The summed E-state index contributed by atoms with van der Waals surface area (Å²) in [6.45, 7) is 11.3. The maximum atomic E-state index is 7.00. The molecule has 2 saturated heterocycles.